The molecule has 0 spiro atoms. The molecule has 0 aromatic carbocycles. The maximum atomic E-state index is 13.2. The molecule has 2 heterocycles. The topological polar surface area (TPSA) is 45.5 Å². The summed E-state index contributed by atoms with van der Waals surface area (Å²) in [5.41, 5.74) is 0.976. The first-order chi connectivity index (χ1) is 11.6. The zero-order chi connectivity index (χ0) is 18.9. The number of carbonyl (C=O) groups is 1. The van der Waals surface area contributed by atoms with Crippen molar-refractivity contribution < 1.29 is 18.7 Å². The number of hydrogen-bond donors (Lipinski definition) is 1. The third kappa shape index (κ3) is 4.11. The van der Waals surface area contributed by atoms with Crippen LogP contribution in [0.15, 0.2) is 0 Å². The average molecular weight is 354 g/mol. The Morgan fingerprint density at radius 3 is 2.44 bits per heavy atom. The molecule has 0 bridgehead atoms. The third-order valence-corrected chi connectivity index (χ3v) is 5.30. The molecule has 1 fully saturated rings. The molecule has 0 saturated carbocycles. The van der Waals surface area contributed by atoms with Gasteiger partial charge in [0.2, 0.25) is 0 Å². The monoisotopic (exact) mass is 354 g/mol. The standard InChI is InChI=1S/C19H28F2N2O2/c1-6-16-12(2)17(18(24)25)14(4)23(16)13(3)15-7-9-22(10-8-15)11-19(5,20)21/h6,13,15H,2,7-11H2,1,3-5H3,(H,24,25)/b16-6+/t13-/m1/s1. The number of carboxylic acids is 1. The Labute approximate surface area is 147 Å². The fourth-order valence-electron chi connectivity index (χ4n) is 4.11. The number of rotatable bonds is 5. The Morgan fingerprint density at radius 2 is 2.00 bits per heavy atom. The van der Waals surface area contributed by atoms with Gasteiger partial charge < -0.3 is 9.67 Å². The SMILES string of the molecule is C=c1c(C(=O)O)c(C)n([C@H](C)C2CCN(CC(C)(F)F)CC2)/c1=C/C. The number of carboxylic acid groups (broad SMARTS) is 1. The molecule has 1 aliphatic rings. The van der Waals surface area contributed by atoms with E-state index in [1.807, 2.05) is 24.8 Å². The van der Waals surface area contributed by atoms with E-state index in [9.17, 15) is 18.7 Å². The van der Waals surface area contributed by atoms with Crippen LogP contribution in [0.4, 0.5) is 8.78 Å². The van der Waals surface area contributed by atoms with Gasteiger partial charge in [-0.3, -0.25) is 4.90 Å². The van der Waals surface area contributed by atoms with E-state index in [4.69, 9.17) is 0 Å². The van der Waals surface area contributed by atoms with Crippen LogP contribution in [0.25, 0.3) is 12.7 Å². The van der Waals surface area contributed by atoms with E-state index in [-0.39, 0.29) is 18.2 Å². The molecule has 1 N–H and O–H groups in total. The van der Waals surface area contributed by atoms with E-state index in [1.54, 1.807) is 0 Å². The van der Waals surface area contributed by atoms with Crippen molar-refractivity contribution in [2.45, 2.75) is 52.5 Å². The maximum Gasteiger partial charge on any atom is 0.338 e. The highest BCUT2D eigenvalue weighted by Gasteiger charge is 2.31. The van der Waals surface area contributed by atoms with Crippen LogP contribution in [0.1, 0.15) is 55.7 Å². The number of nitrogens with zero attached hydrogens (tertiary/aromatic N) is 2. The molecule has 0 aliphatic carbocycles. The summed E-state index contributed by atoms with van der Waals surface area (Å²) in [6, 6.07) is 0.101. The molecule has 140 valence electrons. The molecule has 1 atom stereocenters. The number of halogens is 2. The van der Waals surface area contributed by atoms with Crippen molar-refractivity contribution in [1.29, 1.82) is 0 Å². The number of hydrogen-bond acceptors (Lipinski definition) is 2. The summed E-state index contributed by atoms with van der Waals surface area (Å²) in [5, 5.41) is 10.9. The highest BCUT2D eigenvalue weighted by atomic mass is 19.3. The fraction of sp³-hybridized carbons (Fsp3) is 0.632. The van der Waals surface area contributed by atoms with Crippen LogP contribution < -0.4 is 10.6 Å². The van der Waals surface area contributed by atoms with Crippen LogP contribution in [-0.2, 0) is 0 Å². The average Bonchev–Trinajstić information content (AvgIpc) is 2.75. The Morgan fingerprint density at radius 1 is 1.44 bits per heavy atom. The van der Waals surface area contributed by atoms with Gasteiger partial charge in [0.25, 0.3) is 5.92 Å². The van der Waals surface area contributed by atoms with Crippen LogP contribution >= 0.6 is 0 Å². The number of piperidine rings is 1. The van der Waals surface area contributed by atoms with Crippen LogP contribution in [-0.4, -0.2) is 46.1 Å². The second-order valence-electron chi connectivity index (χ2n) is 7.21. The molecular formula is C19H28F2N2O2. The minimum absolute atomic E-state index is 0.101. The van der Waals surface area contributed by atoms with E-state index in [2.05, 4.69) is 18.1 Å². The smallest absolute Gasteiger partial charge is 0.338 e. The summed E-state index contributed by atoms with van der Waals surface area (Å²) in [6.07, 6.45) is 3.55. The van der Waals surface area contributed by atoms with Gasteiger partial charge in [0, 0.05) is 29.2 Å². The first-order valence-electron chi connectivity index (χ1n) is 8.76. The summed E-state index contributed by atoms with van der Waals surface area (Å²) in [7, 11) is 0. The zero-order valence-electron chi connectivity index (χ0n) is 15.5. The predicted octanol–water partition coefficient (Wildman–Crippen LogP) is 2.63. The molecule has 1 aromatic heterocycles. The number of alkyl halides is 2. The van der Waals surface area contributed by atoms with Gasteiger partial charge in [0.1, 0.15) is 0 Å². The largest absolute Gasteiger partial charge is 0.478 e. The van der Waals surface area contributed by atoms with Crippen molar-refractivity contribution in [3.05, 3.63) is 21.8 Å². The van der Waals surface area contributed by atoms with Gasteiger partial charge >= 0.3 is 5.97 Å². The number of aromatic carboxylic acids is 1. The molecule has 2 rings (SSSR count). The first kappa shape index (κ1) is 19.6. The molecule has 6 heteroatoms. The lowest BCUT2D eigenvalue weighted by Crippen LogP contribution is -2.43. The minimum Gasteiger partial charge on any atom is -0.478 e. The van der Waals surface area contributed by atoms with Crippen molar-refractivity contribution in [2.24, 2.45) is 5.92 Å². The first-order valence-corrected chi connectivity index (χ1v) is 8.76. The second kappa shape index (κ2) is 7.28. The molecular weight excluding hydrogens is 326 g/mol. The number of aromatic nitrogens is 1. The lowest BCUT2D eigenvalue weighted by Gasteiger charge is -2.36. The van der Waals surface area contributed by atoms with Gasteiger partial charge in [-0.05, 0) is 52.6 Å². The van der Waals surface area contributed by atoms with Crippen LogP contribution in [0, 0.1) is 12.8 Å². The van der Waals surface area contributed by atoms with E-state index < -0.39 is 11.9 Å². The van der Waals surface area contributed by atoms with Crippen LogP contribution in [0.2, 0.25) is 0 Å². The van der Waals surface area contributed by atoms with Crippen molar-refractivity contribution >= 4 is 18.6 Å². The van der Waals surface area contributed by atoms with Crippen molar-refractivity contribution in [3.8, 4) is 0 Å². The molecule has 0 amide bonds. The van der Waals surface area contributed by atoms with Crippen molar-refractivity contribution in [3.63, 3.8) is 0 Å². The Balaban J connectivity index is 2.23. The lowest BCUT2D eigenvalue weighted by molar-refractivity contribution is -0.0240. The number of likely N-dealkylation sites (tertiary alicyclic amines) is 1. The quantitative estimate of drug-likeness (QED) is 0.884. The van der Waals surface area contributed by atoms with E-state index in [0.717, 1.165) is 25.1 Å². The maximum absolute atomic E-state index is 13.2. The summed E-state index contributed by atoms with van der Waals surface area (Å²) >= 11 is 0. The molecule has 1 aliphatic heterocycles. The predicted molar refractivity (Wildman–Crippen MR) is 95.5 cm³/mol. The summed E-state index contributed by atoms with van der Waals surface area (Å²) in [5.74, 6) is -3.30. The van der Waals surface area contributed by atoms with Gasteiger partial charge in [-0.1, -0.05) is 12.7 Å². The van der Waals surface area contributed by atoms with Crippen molar-refractivity contribution in [1.82, 2.24) is 9.47 Å². The third-order valence-electron chi connectivity index (χ3n) is 5.30. The van der Waals surface area contributed by atoms with Crippen molar-refractivity contribution in [2.75, 3.05) is 19.6 Å². The van der Waals surface area contributed by atoms with Gasteiger partial charge in [-0.25, -0.2) is 13.6 Å². The second-order valence-corrected chi connectivity index (χ2v) is 7.21. The summed E-state index contributed by atoms with van der Waals surface area (Å²) in [4.78, 5) is 13.4. The van der Waals surface area contributed by atoms with Crippen LogP contribution in [0.5, 0.6) is 0 Å². The Kier molecular flexibility index (Phi) is 5.72. The highest BCUT2D eigenvalue weighted by molar-refractivity contribution is 5.89. The Hall–Kier alpha value is -1.69. The van der Waals surface area contributed by atoms with Gasteiger partial charge in [0.05, 0.1) is 12.1 Å². The van der Waals surface area contributed by atoms with Gasteiger partial charge in [-0.2, -0.15) is 0 Å². The molecule has 0 unspecified atom stereocenters. The molecule has 1 aromatic rings. The summed E-state index contributed by atoms with van der Waals surface area (Å²) in [6.45, 7) is 11.8. The van der Waals surface area contributed by atoms with Gasteiger partial charge in [-0.15, -0.1) is 0 Å². The summed E-state index contributed by atoms with van der Waals surface area (Å²) < 4.78 is 28.4. The normalized spacial score (nSPS) is 19.4. The molecule has 1 saturated heterocycles. The fourth-order valence-corrected chi connectivity index (χ4v) is 4.11. The zero-order valence-corrected chi connectivity index (χ0v) is 15.5. The minimum atomic E-state index is -2.67. The van der Waals surface area contributed by atoms with E-state index in [1.165, 1.54) is 0 Å². The highest BCUT2D eigenvalue weighted by Crippen LogP contribution is 2.30. The lowest BCUT2D eigenvalue weighted by atomic mass is 9.89. The molecule has 25 heavy (non-hydrogen) atoms. The van der Waals surface area contributed by atoms with E-state index >= 15 is 0 Å². The Bertz CT molecular complexity index is 741. The van der Waals surface area contributed by atoms with Gasteiger partial charge in [0.15, 0.2) is 0 Å². The van der Waals surface area contributed by atoms with E-state index in [0.29, 0.717) is 29.9 Å². The van der Waals surface area contributed by atoms with Crippen LogP contribution in [0.3, 0.4) is 0 Å². The molecule has 4 nitrogen and oxygen atoms in total. The molecule has 0 radical (unpaired) electrons.